The predicted octanol–water partition coefficient (Wildman–Crippen LogP) is 3.84. The van der Waals surface area contributed by atoms with Crippen molar-refractivity contribution in [3.05, 3.63) is 34.2 Å². The molecule has 0 aliphatic heterocycles. The lowest BCUT2D eigenvalue weighted by molar-refractivity contribution is -0.137. The van der Waals surface area contributed by atoms with Crippen LogP contribution in [0.25, 0.3) is 5.65 Å². The van der Waals surface area contributed by atoms with Gasteiger partial charge in [0, 0.05) is 12.2 Å². The second-order valence-electron chi connectivity index (χ2n) is 5.10. The third-order valence-corrected chi connectivity index (χ3v) is 3.66. The molecule has 0 aliphatic rings. The van der Waals surface area contributed by atoms with E-state index in [-0.39, 0.29) is 22.4 Å². The molecule has 1 unspecified atom stereocenters. The van der Waals surface area contributed by atoms with Crippen LogP contribution in [0.5, 0.6) is 0 Å². The Morgan fingerprint density at radius 2 is 2.14 bits per heavy atom. The summed E-state index contributed by atoms with van der Waals surface area (Å²) in [4.78, 5) is 16.4. The molecule has 0 fully saturated rings. The van der Waals surface area contributed by atoms with Crippen molar-refractivity contribution in [1.82, 2.24) is 14.7 Å². The van der Waals surface area contributed by atoms with Crippen LogP contribution in [0.2, 0.25) is 5.02 Å². The Morgan fingerprint density at radius 3 is 2.68 bits per heavy atom. The first-order valence-corrected chi connectivity index (χ1v) is 7.09. The van der Waals surface area contributed by atoms with Crippen molar-refractivity contribution >= 4 is 23.2 Å². The SMILES string of the molecule is CCC(C)NC(=O)c1c(C)nc2c(Cl)cc(C(F)(F)F)cn12. The quantitative estimate of drug-likeness (QED) is 0.927. The van der Waals surface area contributed by atoms with Gasteiger partial charge in [0.25, 0.3) is 5.91 Å². The maximum Gasteiger partial charge on any atom is 0.417 e. The van der Waals surface area contributed by atoms with Gasteiger partial charge in [0.05, 0.1) is 16.3 Å². The van der Waals surface area contributed by atoms with E-state index in [0.29, 0.717) is 12.1 Å². The van der Waals surface area contributed by atoms with E-state index >= 15 is 0 Å². The van der Waals surface area contributed by atoms with Gasteiger partial charge in [-0.2, -0.15) is 13.2 Å². The molecule has 0 saturated heterocycles. The number of fused-ring (bicyclic) bond motifs is 1. The van der Waals surface area contributed by atoms with E-state index < -0.39 is 17.6 Å². The molecule has 0 saturated carbocycles. The fraction of sp³-hybridized carbons (Fsp3) is 0.429. The summed E-state index contributed by atoms with van der Waals surface area (Å²) < 4.78 is 39.8. The minimum atomic E-state index is -4.56. The molecule has 2 aromatic heterocycles. The van der Waals surface area contributed by atoms with Gasteiger partial charge in [0.15, 0.2) is 5.65 Å². The summed E-state index contributed by atoms with van der Waals surface area (Å²) in [5.41, 5.74) is -0.424. The van der Waals surface area contributed by atoms with Gasteiger partial charge < -0.3 is 5.32 Å². The van der Waals surface area contributed by atoms with Crippen LogP contribution in [0.1, 0.15) is 42.0 Å². The topological polar surface area (TPSA) is 46.4 Å². The Kier molecular flexibility index (Phi) is 4.37. The molecule has 2 rings (SSSR count). The molecule has 0 spiro atoms. The van der Waals surface area contributed by atoms with Crippen LogP contribution in [0, 0.1) is 6.92 Å². The number of nitrogens with one attached hydrogen (secondary N) is 1. The maximum atomic E-state index is 12.9. The lowest BCUT2D eigenvalue weighted by Gasteiger charge is -2.13. The molecule has 4 nitrogen and oxygen atoms in total. The van der Waals surface area contributed by atoms with Gasteiger partial charge in [-0.05, 0) is 26.3 Å². The van der Waals surface area contributed by atoms with Crippen LogP contribution >= 0.6 is 11.6 Å². The number of hydrogen-bond donors (Lipinski definition) is 1. The average Bonchev–Trinajstić information content (AvgIpc) is 2.74. The first kappa shape index (κ1) is 16.6. The lowest BCUT2D eigenvalue weighted by atomic mass is 10.2. The second kappa shape index (κ2) is 5.79. The minimum absolute atomic E-state index is 0.0586. The average molecular weight is 334 g/mol. The van der Waals surface area contributed by atoms with Gasteiger partial charge in [-0.3, -0.25) is 9.20 Å². The number of carbonyl (C=O) groups is 1. The van der Waals surface area contributed by atoms with Gasteiger partial charge in [0.2, 0.25) is 0 Å². The molecule has 120 valence electrons. The van der Waals surface area contributed by atoms with E-state index in [2.05, 4.69) is 10.3 Å². The Balaban J connectivity index is 2.61. The Morgan fingerprint density at radius 1 is 1.50 bits per heavy atom. The highest BCUT2D eigenvalue weighted by atomic mass is 35.5. The number of aryl methyl sites for hydroxylation is 1. The fourth-order valence-electron chi connectivity index (χ4n) is 2.04. The lowest BCUT2D eigenvalue weighted by Crippen LogP contribution is -2.33. The van der Waals surface area contributed by atoms with Gasteiger partial charge in [-0.1, -0.05) is 18.5 Å². The number of aromatic nitrogens is 2. The number of pyridine rings is 1. The Labute approximate surface area is 130 Å². The van der Waals surface area contributed by atoms with Crippen molar-refractivity contribution in [2.75, 3.05) is 0 Å². The molecule has 0 aliphatic carbocycles. The first-order valence-electron chi connectivity index (χ1n) is 6.71. The van der Waals surface area contributed by atoms with Gasteiger partial charge in [-0.25, -0.2) is 4.98 Å². The standard InChI is InChI=1S/C14H15ClF3N3O/c1-4-7(2)19-13(22)11-8(3)20-12-10(15)5-9(6-21(11)12)14(16,17)18/h5-7H,4H2,1-3H3,(H,19,22). The van der Waals surface area contributed by atoms with E-state index in [9.17, 15) is 18.0 Å². The van der Waals surface area contributed by atoms with Crippen molar-refractivity contribution in [1.29, 1.82) is 0 Å². The largest absolute Gasteiger partial charge is 0.417 e. The van der Waals surface area contributed by atoms with Crippen LogP contribution in [0.4, 0.5) is 13.2 Å². The number of rotatable bonds is 3. The number of nitrogens with zero attached hydrogens (tertiary/aromatic N) is 2. The highest BCUT2D eigenvalue weighted by molar-refractivity contribution is 6.33. The highest BCUT2D eigenvalue weighted by Gasteiger charge is 2.33. The first-order chi connectivity index (χ1) is 10.1. The van der Waals surface area contributed by atoms with Crippen LogP contribution < -0.4 is 5.32 Å². The van der Waals surface area contributed by atoms with Gasteiger partial charge in [-0.15, -0.1) is 0 Å². The number of amides is 1. The molecule has 1 N–H and O–H groups in total. The zero-order chi connectivity index (χ0) is 16.7. The number of imidazole rings is 1. The van der Waals surface area contributed by atoms with Crippen molar-refractivity contribution in [2.24, 2.45) is 0 Å². The van der Waals surface area contributed by atoms with E-state index in [0.717, 1.165) is 16.7 Å². The molecule has 8 heteroatoms. The van der Waals surface area contributed by atoms with Crippen molar-refractivity contribution in [3.63, 3.8) is 0 Å². The second-order valence-corrected chi connectivity index (χ2v) is 5.50. The zero-order valence-corrected chi connectivity index (χ0v) is 13.0. The third-order valence-electron chi connectivity index (χ3n) is 3.38. The molecular formula is C14H15ClF3N3O. The van der Waals surface area contributed by atoms with E-state index in [1.165, 1.54) is 0 Å². The zero-order valence-electron chi connectivity index (χ0n) is 12.3. The third kappa shape index (κ3) is 3.04. The highest BCUT2D eigenvalue weighted by Crippen LogP contribution is 2.33. The summed E-state index contributed by atoms with van der Waals surface area (Å²) in [5, 5.41) is 2.57. The molecule has 2 aromatic rings. The number of alkyl halides is 3. The van der Waals surface area contributed by atoms with E-state index in [4.69, 9.17) is 11.6 Å². The molecule has 0 bridgehead atoms. The molecule has 1 amide bonds. The summed E-state index contributed by atoms with van der Waals surface area (Å²) >= 11 is 5.88. The summed E-state index contributed by atoms with van der Waals surface area (Å²) in [7, 11) is 0. The molecular weight excluding hydrogens is 319 g/mol. The van der Waals surface area contributed by atoms with Crippen LogP contribution in [0.3, 0.4) is 0 Å². The van der Waals surface area contributed by atoms with Crippen LogP contribution in [-0.2, 0) is 6.18 Å². The molecule has 0 aromatic carbocycles. The number of carbonyl (C=O) groups excluding carboxylic acids is 1. The summed E-state index contributed by atoms with van der Waals surface area (Å²) in [6.07, 6.45) is -3.01. The summed E-state index contributed by atoms with van der Waals surface area (Å²) in [6, 6.07) is 0.707. The van der Waals surface area contributed by atoms with Gasteiger partial charge in [0.1, 0.15) is 5.69 Å². The van der Waals surface area contributed by atoms with Crippen LogP contribution in [0.15, 0.2) is 12.3 Å². The van der Waals surface area contributed by atoms with E-state index in [1.54, 1.807) is 6.92 Å². The molecule has 0 radical (unpaired) electrons. The number of halogens is 4. The van der Waals surface area contributed by atoms with Gasteiger partial charge >= 0.3 is 6.18 Å². The summed E-state index contributed by atoms with van der Waals surface area (Å²) in [5.74, 6) is -0.477. The van der Waals surface area contributed by atoms with Crippen molar-refractivity contribution in [2.45, 2.75) is 39.4 Å². The summed E-state index contributed by atoms with van der Waals surface area (Å²) in [6.45, 7) is 5.26. The van der Waals surface area contributed by atoms with Crippen molar-refractivity contribution in [3.8, 4) is 0 Å². The Hall–Kier alpha value is -1.76. The van der Waals surface area contributed by atoms with Crippen LogP contribution in [-0.4, -0.2) is 21.3 Å². The fourth-order valence-corrected chi connectivity index (χ4v) is 2.29. The molecule has 2 heterocycles. The Bertz CT molecular complexity index is 724. The minimum Gasteiger partial charge on any atom is -0.348 e. The normalized spacial score (nSPS) is 13.4. The molecule has 1 atom stereocenters. The monoisotopic (exact) mass is 333 g/mol. The predicted molar refractivity (Wildman–Crippen MR) is 77.2 cm³/mol. The van der Waals surface area contributed by atoms with E-state index in [1.807, 2.05) is 13.8 Å². The maximum absolute atomic E-state index is 12.9. The molecule has 22 heavy (non-hydrogen) atoms. The van der Waals surface area contributed by atoms with Crippen molar-refractivity contribution < 1.29 is 18.0 Å². The smallest absolute Gasteiger partial charge is 0.348 e. The number of hydrogen-bond acceptors (Lipinski definition) is 2.